The zero-order valence-corrected chi connectivity index (χ0v) is 15.8. The third kappa shape index (κ3) is 2.12. The summed E-state index contributed by atoms with van der Waals surface area (Å²) in [4.78, 5) is 9.13. The monoisotopic (exact) mass is 354 g/mol. The van der Waals surface area contributed by atoms with Gasteiger partial charge in [0.05, 0.1) is 15.7 Å². The molecule has 2 aliphatic heterocycles. The van der Waals surface area contributed by atoms with E-state index in [1.54, 1.807) is 11.3 Å². The molecule has 1 spiro atoms. The van der Waals surface area contributed by atoms with E-state index in [0.717, 1.165) is 51.6 Å². The van der Waals surface area contributed by atoms with Gasteiger partial charge in [-0.2, -0.15) is 5.26 Å². The number of piperidine rings is 1. The van der Waals surface area contributed by atoms with Gasteiger partial charge >= 0.3 is 0 Å². The molecule has 2 aromatic heterocycles. The molecule has 0 saturated carbocycles. The number of pyridine rings is 1. The van der Waals surface area contributed by atoms with Crippen molar-refractivity contribution in [2.24, 2.45) is 11.7 Å². The molecule has 6 heteroatoms. The highest BCUT2D eigenvalue weighted by molar-refractivity contribution is 7.19. The molecule has 2 atom stereocenters. The molecule has 0 bridgehead atoms. The topological polar surface area (TPSA) is 75.2 Å². The van der Waals surface area contributed by atoms with E-state index < -0.39 is 0 Å². The molecule has 2 aromatic rings. The number of nitriles is 1. The van der Waals surface area contributed by atoms with Gasteiger partial charge in [-0.05, 0) is 51.4 Å². The van der Waals surface area contributed by atoms with Crippen molar-refractivity contribution in [3.8, 4) is 11.8 Å². The van der Waals surface area contributed by atoms with E-state index in [4.69, 9.17) is 15.5 Å². The summed E-state index contributed by atoms with van der Waals surface area (Å²) < 4.78 is 6.00. The second-order valence-electron chi connectivity index (χ2n) is 7.36. The zero-order chi connectivity index (χ0) is 17.9. The Bertz CT molecular complexity index is 954. The van der Waals surface area contributed by atoms with Crippen molar-refractivity contribution in [2.45, 2.75) is 32.6 Å². The van der Waals surface area contributed by atoms with Crippen LogP contribution in [0.25, 0.3) is 10.2 Å². The second-order valence-corrected chi connectivity index (χ2v) is 8.36. The van der Waals surface area contributed by atoms with E-state index in [0.29, 0.717) is 5.57 Å². The van der Waals surface area contributed by atoms with Crippen molar-refractivity contribution in [3.63, 3.8) is 0 Å². The molecule has 2 N–H and O–H groups in total. The molecular weight excluding hydrogens is 332 g/mol. The third-order valence-corrected chi connectivity index (χ3v) is 6.92. The first kappa shape index (κ1) is 16.4. The van der Waals surface area contributed by atoms with E-state index in [9.17, 15) is 5.26 Å². The van der Waals surface area contributed by atoms with Gasteiger partial charge in [-0.15, -0.1) is 11.3 Å². The minimum absolute atomic E-state index is 0.256. The second kappa shape index (κ2) is 5.45. The molecule has 25 heavy (non-hydrogen) atoms. The van der Waals surface area contributed by atoms with Gasteiger partial charge in [-0.1, -0.05) is 6.92 Å². The number of nitrogens with two attached hydrogens (primary N) is 1. The highest BCUT2D eigenvalue weighted by atomic mass is 32.1. The number of hydrogen-bond donors (Lipinski definition) is 1. The van der Waals surface area contributed by atoms with Gasteiger partial charge in [0.2, 0.25) is 5.88 Å². The molecule has 0 radical (unpaired) electrons. The number of fused-ring (bicyclic) bond motifs is 4. The summed E-state index contributed by atoms with van der Waals surface area (Å²) in [5.74, 6) is 1.35. The first-order valence-corrected chi connectivity index (χ1v) is 9.38. The number of hydrogen-bond acceptors (Lipinski definition) is 6. The Morgan fingerprint density at radius 2 is 2.24 bits per heavy atom. The van der Waals surface area contributed by atoms with Gasteiger partial charge in [-0.3, -0.25) is 0 Å². The van der Waals surface area contributed by atoms with Crippen molar-refractivity contribution >= 4 is 21.6 Å². The lowest BCUT2D eigenvalue weighted by atomic mass is 9.64. The molecule has 1 saturated heterocycles. The Labute approximate surface area is 151 Å². The number of rotatable bonds is 0. The van der Waals surface area contributed by atoms with Crippen LogP contribution >= 0.6 is 11.3 Å². The maximum Gasteiger partial charge on any atom is 0.205 e. The Kier molecular flexibility index (Phi) is 3.57. The lowest BCUT2D eigenvalue weighted by Gasteiger charge is -2.46. The van der Waals surface area contributed by atoms with Crippen LogP contribution in [0.4, 0.5) is 0 Å². The Morgan fingerprint density at radius 3 is 2.92 bits per heavy atom. The van der Waals surface area contributed by atoms with E-state index >= 15 is 0 Å². The summed E-state index contributed by atoms with van der Waals surface area (Å²) in [6.07, 6.45) is 0.871. The summed E-state index contributed by atoms with van der Waals surface area (Å²) in [5.41, 5.74) is 8.60. The van der Waals surface area contributed by atoms with Crippen molar-refractivity contribution < 1.29 is 4.74 Å². The number of aryl methyl sites for hydroxylation is 2. The predicted molar refractivity (Wildman–Crippen MR) is 99.5 cm³/mol. The van der Waals surface area contributed by atoms with Crippen molar-refractivity contribution in [2.75, 3.05) is 20.1 Å². The van der Waals surface area contributed by atoms with Gasteiger partial charge in [0, 0.05) is 12.2 Å². The molecule has 2 aliphatic rings. The molecule has 0 aliphatic carbocycles. The van der Waals surface area contributed by atoms with Gasteiger partial charge in [0.25, 0.3) is 0 Å². The summed E-state index contributed by atoms with van der Waals surface area (Å²) >= 11 is 1.66. The van der Waals surface area contributed by atoms with Crippen LogP contribution in [0.1, 0.15) is 29.5 Å². The zero-order valence-electron chi connectivity index (χ0n) is 15.0. The highest BCUT2D eigenvalue weighted by Gasteiger charge is 2.52. The SMILES string of the molecule is Cc1cc(C)c2c3c(sc2n1)[C@@]1(CCN(C)C[C@H]1C)C(C#N)=C(N)O3. The molecule has 130 valence electrons. The maximum absolute atomic E-state index is 9.87. The normalized spacial score (nSPS) is 26.6. The van der Waals surface area contributed by atoms with Crippen LogP contribution in [-0.4, -0.2) is 30.0 Å². The number of likely N-dealkylation sites (tertiary alicyclic amines) is 1. The fourth-order valence-corrected chi connectivity index (χ4v) is 6.05. The molecular formula is C19H22N4OS. The van der Waals surface area contributed by atoms with Crippen LogP contribution in [0, 0.1) is 31.1 Å². The Balaban J connectivity index is 2.05. The van der Waals surface area contributed by atoms with Crippen molar-refractivity contribution in [3.05, 3.63) is 33.7 Å². The quantitative estimate of drug-likeness (QED) is 0.786. The van der Waals surface area contributed by atoms with Gasteiger partial charge < -0.3 is 15.4 Å². The number of allylic oxidation sites excluding steroid dienone is 1. The first-order chi connectivity index (χ1) is 11.9. The average Bonchev–Trinajstić information content (AvgIpc) is 2.89. The maximum atomic E-state index is 9.87. The fourth-order valence-electron chi connectivity index (χ4n) is 4.49. The smallest absolute Gasteiger partial charge is 0.205 e. The molecule has 4 rings (SSSR count). The fraction of sp³-hybridized carbons (Fsp3) is 0.474. The van der Waals surface area contributed by atoms with Crippen molar-refractivity contribution in [1.82, 2.24) is 9.88 Å². The van der Waals surface area contributed by atoms with Crippen LogP contribution < -0.4 is 10.5 Å². The number of aromatic nitrogens is 1. The van der Waals surface area contributed by atoms with Crippen LogP contribution in [0.2, 0.25) is 0 Å². The number of thiophene rings is 1. The Hall–Kier alpha value is -2.10. The molecule has 0 amide bonds. The van der Waals surface area contributed by atoms with Crippen LogP contribution in [0.3, 0.4) is 0 Å². The minimum Gasteiger partial charge on any atom is -0.439 e. The standard InChI is InChI=1S/C19H22N4OS/c1-10-7-12(3)22-18-14(10)15-16(25-18)19(13(8-20)17(21)24-15)5-6-23(4)9-11(19)2/h7,11H,5-6,9,21H2,1-4H3/t11-,19-/m1/s1. The summed E-state index contributed by atoms with van der Waals surface area (Å²) in [6.45, 7) is 8.16. The number of ether oxygens (including phenoxy) is 1. The Morgan fingerprint density at radius 1 is 1.48 bits per heavy atom. The largest absolute Gasteiger partial charge is 0.439 e. The molecule has 1 fully saturated rings. The first-order valence-electron chi connectivity index (χ1n) is 8.56. The van der Waals surface area contributed by atoms with Crippen LogP contribution in [0.15, 0.2) is 17.5 Å². The molecule has 0 aromatic carbocycles. The third-order valence-electron chi connectivity index (χ3n) is 5.68. The predicted octanol–water partition coefficient (Wildman–Crippen LogP) is 3.21. The molecule has 5 nitrogen and oxygen atoms in total. The average molecular weight is 354 g/mol. The van der Waals surface area contributed by atoms with Gasteiger partial charge in [0.15, 0.2) is 5.75 Å². The van der Waals surface area contributed by atoms with Crippen LogP contribution in [-0.2, 0) is 5.41 Å². The molecule has 0 unspecified atom stereocenters. The molecule has 4 heterocycles. The lowest BCUT2D eigenvalue weighted by molar-refractivity contribution is 0.139. The minimum atomic E-state index is -0.370. The van der Waals surface area contributed by atoms with Crippen molar-refractivity contribution in [1.29, 1.82) is 5.26 Å². The van der Waals surface area contributed by atoms with E-state index in [2.05, 4.69) is 37.9 Å². The summed E-state index contributed by atoms with van der Waals surface area (Å²) in [7, 11) is 2.13. The summed E-state index contributed by atoms with van der Waals surface area (Å²) in [5, 5.41) is 10.9. The van der Waals surface area contributed by atoms with E-state index in [1.807, 2.05) is 6.92 Å². The van der Waals surface area contributed by atoms with Gasteiger partial charge in [-0.25, -0.2) is 4.98 Å². The van der Waals surface area contributed by atoms with Crippen LogP contribution in [0.5, 0.6) is 5.75 Å². The lowest BCUT2D eigenvalue weighted by Crippen LogP contribution is -2.50. The van der Waals surface area contributed by atoms with Gasteiger partial charge in [0.1, 0.15) is 16.5 Å². The number of nitrogens with zero attached hydrogens (tertiary/aromatic N) is 3. The van der Waals surface area contributed by atoms with E-state index in [-0.39, 0.29) is 17.2 Å². The summed E-state index contributed by atoms with van der Waals surface area (Å²) in [6, 6.07) is 4.44. The highest BCUT2D eigenvalue weighted by Crippen LogP contribution is 2.57. The van der Waals surface area contributed by atoms with E-state index in [1.165, 1.54) is 0 Å².